The lowest BCUT2D eigenvalue weighted by Gasteiger charge is -2.18. The number of carbonyl (C=O) groups excluding carboxylic acids is 1. The highest BCUT2D eigenvalue weighted by Gasteiger charge is 2.20. The molecule has 16 heavy (non-hydrogen) atoms. The summed E-state index contributed by atoms with van der Waals surface area (Å²) in [5, 5.41) is 0. The van der Waals surface area contributed by atoms with E-state index in [0.29, 0.717) is 11.3 Å². The fourth-order valence-electron chi connectivity index (χ4n) is 1.27. The van der Waals surface area contributed by atoms with Crippen molar-refractivity contribution in [1.29, 1.82) is 0 Å². The first-order valence-electron chi connectivity index (χ1n) is 4.98. The molecule has 0 N–H and O–H groups in total. The molecule has 0 amide bonds. The number of imidazole rings is 1. The van der Waals surface area contributed by atoms with Crippen LogP contribution in [0.4, 0.5) is 0 Å². The second kappa shape index (κ2) is 3.59. The third kappa shape index (κ3) is 2.18. The summed E-state index contributed by atoms with van der Waals surface area (Å²) >= 11 is 0. The molecule has 2 heterocycles. The molecule has 0 unspecified atom stereocenters. The van der Waals surface area contributed by atoms with Gasteiger partial charge in [-0.25, -0.2) is 9.78 Å². The fraction of sp³-hybridized carbons (Fsp3) is 0.364. The van der Waals surface area contributed by atoms with Gasteiger partial charge in [0.1, 0.15) is 5.60 Å². The van der Waals surface area contributed by atoms with Crippen molar-refractivity contribution in [3.05, 3.63) is 30.5 Å². The number of carbonyl (C=O) groups is 1. The first-order chi connectivity index (χ1) is 7.46. The predicted octanol–water partition coefficient (Wildman–Crippen LogP) is 1.68. The molecule has 0 aliphatic carbocycles. The molecule has 0 aromatic carbocycles. The lowest BCUT2D eigenvalue weighted by molar-refractivity contribution is 0.00636. The van der Waals surface area contributed by atoms with Crippen LogP contribution < -0.4 is 0 Å². The highest BCUT2D eigenvalue weighted by Crippen LogP contribution is 2.12. The Kier molecular flexibility index (Phi) is 2.38. The minimum Gasteiger partial charge on any atom is -0.455 e. The van der Waals surface area contributed by atoms with E-state index in [4.69, 9.17) is 4.74 Å². The van der Waals surface area contributed by atoms with Gasteiger partial charge in [0.25, 0.3) is 0 Å². The molecule has 2 aromatic heterocycles. The van der Waals surface area contributed by atoms with Gasteiger partial charge >= 0.3 is 5.97 Å². The Morgan fingerprint density at radius 2 is 2.19 bits per heavy atom. The van der Waals surface area contributed by atoms with Gasteiger partial charge in [0.2, 0.25) is 0 Å². The first-order valence-corrected chi connectivity index (χ1v) is 4.98. The van der Waals surface area contributed by atoms with Gasteiger partial charge in [0.05, 0.1) is 6.20 Å². The maximum absolute atomic E-state index is 11.7. The van der Waals surface area contributed by atoms with Crippen molar-refractivity contribution in [2.75, 3.05) is 0 Å². The number of esters is 1. The van der Waals surface area contributed by atoms with Crippen molar-refractivity contribution in [2.24, 2.45) is 0 Å². The molecule has 5 nitrogen and oxygen atoms in total. The van der Waals surface area contributed by atoms with Gasteiger partial charge in [0.15, 0.2) is 11.3 Å². The van der Waals surface area contributed by atoms with Crippen LogP contribution in [0.15, 0.2) is 24.8 Å². The smallest absolute Gasteiger partial charge is 0.359 e. The molecule has 0 saturated heterocycles. The van der Waals surface area contributed by atoms with Crippen molar-refractivity contribution in [3.8, 4) is 0 Å². The molecular formula is C11H13N3O2. The quantitative estimate of drug-likeness (QED) is 0.685. The Balaban J connectivity index is 2.30. The second-order valence-corrected chi connectivity index (χ2v) is 4.47. The van der Waals surface area contributed by atoms with Crippen LogP contribution in [0.5, 0.6) is 0 Å². The van der Waals surface area contributed by atoms with Crippen molar-refractivity contribution < 1.29 is 9.53 Å². The molecule has 0 saturated carbocycles. The summed E-state index contributed by atoms with van der Waals surface area (Å²) in [7, 11) is 0. The van der Waals surface area contributed by atoms with Crippen LogP contribution in [0.2, 0.25) is 0 Å². The highest BCUT2D eigenvalue weighted by atomic mass is 16.6. The number of hydrogen-bond donors (Lipinski definition) is 0. The number of aromatic nitrogens is 3. The monoisotopic (exact) mass is 219 g/mol. The zero-order valence-electron chi connectivity index (χ0n) is 9.47. The number of fused-ring (bicyclic) bond motifs is 1. The topological polar surface area (TPSA) is 56.5 Å². The van der Waals surface area contributed by atoms with Gasteiger partial charge in [-0.3, -0.25) is 4.98 Å². The Morgan fingerprint density at radius 1 is 1.44 bits per heavy atom. The van der Waals surface area contributed by atoms with Crippen molar-refractivity contribution in [2.45, 2.75) is 26.4 Å². The average molecular weight is 219 g/mol. The first kappa shape index (κ1) is 10.6. The third-order valence-electron chi connectivity index (χ3n) is 1.87. The molecule has 5 heteroatoms. The second-order valence-electron chi connectivity index (χ2n) is 4.47. The van der Waals surface area contributed by atoms with Crippen molar-refractivity contribution >= 4 is 11.6 Å². The van der Waals surface area contributed by atoms with Crippen LogP contribution in [-0.2, 0) is 4.74 Å². The third-order valence-corrected chi connectivity index (χ3v) is 1.87. The molecule has 2 rings (SSSR count). The van der Waals surface area contributed by atoms with Gasteiger partial charge in [-0.05, 0) is 20.8 Å². The Labute approximate surface area is 93.1 Å². The summed E-state index contributed by atoms with van der Waals surface area (Å²) in [5.41, 5.74) is 0.414. The molecule has 0 aliphatic rings. The summed E-state index contributed by atoms with van der Waals surface area (Å²) in [4.78, 5) is 19.8. The normalized spacial score (nSPS) is 11.7. The maximum Gasteiger partial charge on any atom is 0.359 e. The van der Waals surface area contributed by atoms with Crippen molar-refractivity contribution in [3.63, 3.8) is 0 Å². The number of hydrogen-bond acceptors (Lipinski definition) is 4. The number of ether oxygens (including phenoxy) is 1. The van der Waals surface area contributed by atoms with Crippen LogP contribution in [0, 0.1) is 0 Å². The molecule has 0 radical (unpaired) electrons. The van der Waals surface area contributed by atoms with Gasteiger partial charge in [-0.2, -0.15) is 0 Å². The SMILES string of the molecule is CC(C)(C)OC(=O)c1cn2ccncc2n1. The molecule has 0 spiro atoms. The van der Waals surface area contributed by atoms with E-state index < -0.39 is 11.6 Å². The van der Waals surface area contributed by atoms with Crippen LogP contribution in [-0.4, -0.2) is 25.9 Å². The Bertz CT molecular complexity index is 492. The number of nitrogens with zero attached hydrogens (tertiary/aromatic N) is 3. The summed E-state index contributed by atoms with van der Waals surface area (Å²) in [6.45, 7) is 5.47. The lowest BCUT2D eigenvalue weighted by Crippen LogP contribution is -2.24. The van der Waals surface area contributed by atoms with Crippen LogP contribution in [0.3, 0.4) is 0 Å². The predicted molar refractivity (Wildman–Crippen MR) is 58.2 cm³/mol. The Hall–Kier alpha value is -1.91. The van der Waals surface area contributed by atoms with E-state index in [9.17, 15) is 4.79 Å². The van der Waals surface area contributed by atoms with E-state index in [0.717, 1.165) is 0 Å². The van der Waals surface area contributed by atoms with Crippen LogP contribution >= 0.6 is 0 Å². The molecule has 0 aliphatic heterocycles. The zero-order valence-corrected chi connectivity index (χ0v) is 9.47. The maximum atomic E-state index is 11.7. The fourth-order valence-corrected chi connectivity index (χ4v) is 1.27. The summed E-state index contributed by atoms with van der Waals surface area (Å²) < 4.78 is 6.95. The van der Waals surface area contributed by atoms with E-state index in [1.165, 1.54) is 0 Å². The van der Waals surface area contributed by atoms with Gasteiger partial charge in [-0.1, -0.05) is 0 Å². The summed E-state index contributed by atoms with van der Waals surface area (Å²) in [6.07, 6.45) is 6.59. The average Bonchev–Trinajstić information content (AvgIpc) is 2.58. The van der Waals surface area contributed by atoms with E-state index in [1.807, 2.05) is 20.8 Å². The van der Waals surface area contributed by atoms with Crippen molar-refractivity contribution in [1.82, 2.24) is 14.4 Å². The molecule has 0 atom stereocenters. The lowest BCUT2D eigenvalue weighted by atomic mass is 10.2. The minimum absolute atomic E-state index is 0.294. The largest absolute Gasteiger partial charge is 0.455 e. The minimum atomic E-state index is -0.509. The van der Waals surface area contributed by atoms with Gasteiger partial charge in [-0.15, -0.1) is 0 Å². The molecule has 0 fully saturated rings. The van der Waals surface area contributed by atoms with Crippen LogP contribution in [0.25, 0.3) is 5.65 Å². The highest BCUT2D eigenvalue weighted by molar-refractivity contribution is 5.88. The molecular weight excluding hydrogens is 206 g/mol. The van der Waals surface area contributed by atoms with E-state index in [1.54, 1.807) is 29.2 Å². The zero-order chi connectivity index (χ0) is 11.8. The van der Waals surface area contributed by atoms with E-state index in [-0.39, 0.29) is 0 Å². The van der Waals surface area contributed by atoms with Gasteiger partial charge < -0.3 is 9.14 Å². The van der Waals surface area contributed by atoms with E-state index >= 15 is 0 Å². The molecule has 84 valence electrons. The summed E-state index contributed by atoms with van der Waals surface area (Å²) in [5.74, 6) is -0.420. The van der Waals surface area contributed by atoms with E-state index in [2.05, 4.69) is 9.97 Å². The summed E-state index contributed by atoms with van der Waals surface area (Å²) in [6, 6.07) is 0. The van der Waals surface area contributed by atoms with Gasteiger partial charge in [0, 0.05) is 18.6 Å². The molecule has 2 aromatic rings. The standard InChI is InChI=1S/C11H13N3O2/c1-11(2,3)16-10(15)8-7-14-5-4-12-6-9(14)13-8/h4-7H,1-3H3. The Morgan fingerprint density at radius 3 is 2.81 bits per heavy atom. The molecule has 0 bridgehead atoms. The van der Waals surface area contributed by atoms with Crippen LogP contribution in [0.1, 0.15) is 31.3 Å². The number of rotatable bonds is 1.